The van der Waals surface area contributed by atoms with E-state index in [1.807, 2.05) is 18.2 Å². The molecule has 2 aromatic carbocycles. The first-order valence-corrected chi connectivity index (χ1v) is 11.0. The maximum Gasteiger partial charge on any atom is 0.163 e. The second-order valence-electron chi connectivity index (χ2n) is 8.56. The first kappa shape index (κ1) is 21.9. The van der Waals surface area contributed by atoms with Crippen LogP contribution < -0.4 is 5.32 Å². The van der Waals surface area contributed by atoms with E-state index in [2.05, 4.69) is 29.3 Å². The Morgan fingerprint density at radius 3 is 2.45 bits per heavy atom. The van der Waals surface area contributed by atoms with E-state index in [0.717, 1.165) is 47.1 Å². The van der Waals surface area contributed by atoms with E-state index in [0.29, 0.717) is 17.5 Å². The van der Waals surface area contributed by atoms with Crippen LogP contribution in [-0.2, 0) is 0 Å². The maximum absolute atomic E-state index is 12.3. The van der Waals surface area contributed by atoms with Gasteiger partial charge in [-0.2, -0.15) is 0 Å². The summed E-state index contributed by atoms with van der Waals surface area (Å²) in [5.41, 5.74) is 3.87. The highest BCUT2D eigenvalue weighted by Crippen LogP contribution is 2.39. The van der Waals surface area contributed by atoms with Gasteiger partial charge in [-0.25, -0.2) is 0 Å². The summed E-state index contributed by atoms with van der Waals surface area (Å²) >= 11 is 12.2. The van der Waals surface area contributed by atoms with Gasteiger partial charge in [-0.05, 0) is 75.2 Å². The third-order valence-corrected chi connectivity index (χ3v) is 6.38. The zero-order valence-electron chi connectivity index (χ0n) is 17.7. The largest absolute Gasteiger partial charge is 0.505 e. The molecule has 0 unspecified atom stereocenters. The van der Waals surface area contributed by atoms with Gasteiger partial charge in [0.1, 0.15) is 0 Å². The summed E-state index contributed by atoms with van der Waals surface area (Å²) in [5, 5.41) is 14.8. The number of fused-ring (bicyclic) bond motifs is 1. The molecule has 2 N–H and O–H groups in total. The molecule has 0 bridgehead atoms. The van der Waals surface area contributed by atoms with Crippen LogP contribution in [0.2, 0.25) is 10.0 Å². The number of carbonyl (C=O) groups excluding carboxylic acids is 1. The average molecular weight is 458 g/mol. The molecule has 3 aromatic rings. The van der Waals surface area contributed by atoms with Crippen molar-refractivity contribution in [2.75, 3.05) is 26.0 Å². The number of anilines is 1. The molecule has 1 aliphatic carbocycles. The van der Waals surface area contributed by atoms with Gasteiger partial charge in [0, 0.05) is 24.2 Å². The summed E-state index contributed by atoms with van der Waals surface area (Å²) in [4.78, 5) is 19.0. The average Bonchev–Trinajstić information content (AvgIpc) is 2.69. The summed E-state index contributed by atoms with van der Waals surface area (Å²) < 4.78 is 0. The van der Waals surface area contributed by atoms with Crippen LogP contribution in [0.4, 0.5) is 5.69 Å². The van der Waals surface area contributed by atoms with Gasteiger partial charge >= 0.3 is 0 Å². The van der Waals surface area contributed by atoms with Crippen molar-refractivity contribution in [2.24, 2.45) is 5.92 Å². The first-order chi connectivity index (χ1) is 14.7. The lowest BCUT2D eigenvalue weighted by Crippen LogP contribution is -2.40. The number of nitrogens with zero attached hydrogens (tertiary/aromatic N) is 2. The fraction of sp³-hybridized carbons (Fsp3) is 0.333. The van der Waals surface area contributed by atoms with Crippen LogP contribution in [-0.4, -0.2) is 47.5 Å². The van der Waals surface area contributed by atoms with Gasteiger partial charge in [0.25, 0.3) is 0 Å². The minimum absolute atomic E-state index is 0.0257. The molecule has 0 saturated heterocycles. The molecular formula is C24H25Cl2N3O2. The molecule has 0 radical (unpaired) electrons. The number of hydrogen-bond acceptors (Lipinski definition) is 5. The molecule has 1 aliphatic rings. The summed E-state index contributed by atoms with van der Waals surface area (Å²) in [6.45, 7) is 2.63. The van der Waals surface area contributed by atoms with E-state index in [9.17, 15) is 9.90 Å². The number of rotatable bonds is 6. The van der Waals surface area contributed by atoms with Crippen LogP contribution in [0.25, 0.3) is 22.0 Å². The topological polar surface area (TPSA) is 65.5 Å². The Labute approximate surface area is 192 Å². The van der Waals surface area contributed by atoms with Crippen LogP contribution in [0, 0.1) is 5.92 Å². The van der Waals surface area contributed by atoms with E-state index in [1.54, 1.807) is 25.3 Å². The molecule has 4 rings (SSSR count). The number of Topliss-reactive ketones (excluding diaryl/α,β-unsaturated/α-hetero) is 1. The Balaban J connectivity index is 1.74. The normalized spacial score (nSPS) is 18.3. The lowest BCUT2D eigenvalue weighted by atomic mass is 9.79. The number of phenolic OH excluding ortho intramolecular Hbond substituents is 1. The molecule has 162 valence electrons. The molecule has 1 fully saturated rings. The smallest absolute Gasteiger partial charge is 0.163 e. The van der Waals surface area contributed by atoms with Crippen LogP contribution >= 0.6 is 23.2 Å². The Hall–Kier alpha value is -2.34. The van der Waals surface area contributed by atoms with Crippen molar-refractivity contribution in [3.8, 4) is 16.9 Å². The van der Waals surface area contributed by atoms with E-state index < -0.39 is 0 Å². The van der Waals surface area contributed by atoms with Gasteiger partial charge in [0.15, 0.2) is 11.5 Å². The molecule has 5 nitrogen and oxygen atoms in total. The molecule has 0 atom stereocenters. The van der Waals surface area contributed by atoms with Gasteiger partial charge < -0.3 is 15.3 Å². The highest BCUT2D eigenvalue weighted by atomic mass is 35.5. The van der Waals surface area contributed by atoms with E-state index in [-0.39, 0.29) is 21.6 Å². The molecular weight excluding hydrogens is 433 g/mol. The van der Waals surface area contributed by atoms with Crippen molar-refractivity contribution in [2.45, 2.75) is 25.8 Å². The number of pyridine rings is 1. The second kappa shape index (κ2) is 8.65. The van der Waals surface area contributed by atoms with Crippen molar-refractivity contribution in [3.05, 3.63) is 52.1 Å². The summed E-state index contributed by atoms with van der Waals surface area (Å²) in [6, 6.07) is 9.53. The first-order valence-electron chi connectivity index (χ1n) is 10.3. The molecule has 31 heavy (non-hydrogen) atoms. The van der Waals surface area contributed by atoms with E-state index in [4.69, 9.17) is 23.2 Å². The molecule has 1 aromatic heterocycles. The number of nitrogens with one attached hydrogen (secondary N) is 1. The monoisotopic (exact) mass is 457 g/mol. The summed E-state index contributed by atoms with van der Waals surface area (Å²) in [6.07, 6.45) is 3.79. The van der Waals surface area contributed by atoms with Gasteiger partial charge in [-0.1, -0.05) is 29.3 Å². The molecule has 0 aliphatic heterocycles. The quantitative estimate of drug-likeness (QED) is 0.453. The summed E-state index contributed by atoms with van der Waals surface area (Å²) in [7, 11) is 4.18. The maximum atomic E-state index is 12.3. The van der Waals surface area contributed by atoms with Crippen molar-refractivity contribution < 1.29 is 9.90 Å². The zero-order chi connectivity index (χ0) is 22.3. The fourth-order valence-electron chi connectivity index (χ4n) is 4.25. The predicted octanol–water partition coefficient (Wildman–Crippen LogP) is 5.87. The third kappa shape index (κ3) is 4.49. The van der Waals surface area contributed by atoms with Crippen molar-refractivity contribution in [1.82, 2.24) is 9.88 Å². The third-order valence-electron chi connectivity index (χ3n) is 5.80. The van der Waals surface area contributed by atoms with Crippen LogP contribution in [0.15, 0.2) is 36.5 Å². The number of ketones is 1. The molecule has 0 spiro atoms. The Bertz CT molecular complexity index is 1130. The number of halogens is 2. The number of phenols is 1. The van der Waals surface area contributed by atoms with Gasteiger partial charge in [-0.15, -0.1) is 0 Å². The molecule has 0 amide bonds. The number of aromatic hydroxyl groups is 1. The Morgan fingerprint density at radius 1 is 1.16 bits per heavy atom. The Morgan fingerprint density at radius 2 is 1.84 bits per heavy atom. The molecule has 1 heterocycles. The van der Waals surface area contributed by atoms with E-state index >= 15 is 0 Å². The van der Waals surface area contributed by atoms with Crippen LogP contribution in [0.3, 0.4) is 0 Å². The molecule has 7 heteroatoms. The number of benzene rings is 2. The number of carbonyl (C=O) groups is 1. The minimum atomic E-state index is -0.131. The summed E-state index contributed by atoms with van der Waals surface area (Å²) in [5.74, 6) is 0.508. The van der Waals surface area contributed by atoms with Gasteiger partial charge in [-0.3, -0.25) is 9.78 Å². The zero-order valence-corrected chi connectivity index (χ0v) is 19.3. The lowest BCUT2D eigenvalue weighted by Gasteiger charge is -2.38. The Kier molecular flexibility index (Phi) is 6.11. The second-order valence-corrected chi connectivity index (χ2v) is 9.38. The molecule has 1 saturated carbocycles. The van der Waals surface area contributed by atoms with Gasteiger partial charge in [0.2, 0.25) is 0 Å². The lowest BCUT2D eigenvalue weighted by molar-refractivity contribution is 0.101. The highest BCUT2D eigenvalue weighted by molar-refractivity contribution is 6.37. The van der Waals surface area contributed by atoms with E-state index in [1.165, 1.54) is 0 Å². The van der Waals surface area contributed by atoms with Crippen LogP contribution in [0.1, 0.15) is 30.1 Å². The van der Waals surface area contributed by atoms with Crippen molar-refractivity contribution in [1.29, 1.82) is 0 Å². The van der Waals surface area contributed by atoms with Crippen molar-refractivity contribution in [3.63, 3.8) is 0 Å². The fourth-order valence-corrected chi connectivity index (χ4v) is 4.74. The highest BCUT2D eigenvalue weighted by Gasteiger charge is 2.30. The van der Waals surface area contributed by atoms with Gasteiger partial charge in [0.05, 0.1) is 26.8 Å². The predicted molar refractivity (Wildman–Crippen MR) is 128 cm³/mol. The van der Waals surface area contributed by atoms with Crippen molar-refractivity contribution >= 4 is 45.6 Å². The SMILES string of the molecule is CC(=O)c1cnc2ccc(-c3cc(Cl)c(O)c(Cl)c3)cc2c1N[C@H]1C[C@H](CN(C)C)C1. The number of hydrogen-bond donors (Lipinski definition) is 2. The standard InChI is InChI=1S/C24H25Cl2N3O2/c1-13(30)19-11-27-22-5-4-15(16-9-20(25)24(31)21(26)10-16)8-18(22)23(19)28-17-6-14(7-17)12-29(2)3/h4-5,8-11,14,17,31H,6-7,12H2,1-3H3,(H,27,28)/t14-,17-. The number of aromatic nitrogens is 1. The van der Waals surface area contributed by atoms with Crippen LogP contribution in [0.5, 0.6) is 5.75 Å². The minimum Gasteiger partial charge on any atom is -0.505 e.